The van der Waals surface area contributed by atoms with Crippen molar-refractivity contribution in [3.63, 3.8) is 0 Å². The molecule has 1 unspecified atom stereocenters. The molecule has 1 atom stereocenters. The molecule has 1 aromatic carbocycles. The van der Waals surface area contributed by atoms with E-state index in [1.165, 1.54) is 22.7 Å². The smallest absolute Gasteiger partial charge is 0.397 e. The Balaban J connectivity index is 1.47. The van der Waals surface area contributed by atoms with Crippen molar-refractivity contribution in [1.82, 2.24) is 24.7 Å². The molecule has 0 radical (unpaired) electrons. The van der Waals surface area contributed by atoms with Crippen LogP contribution >= 0.6 is 11.9 Å². The summed E-state index contributed by atoms with van der Waals surface area (Å²) in [6.45, 7) is 2.23. The average Bonchev–Trinajstić information content (AvgIpc) is 3.52. The monoisotopic (exact) mass is 657 g/mol. The van der Waals surface area contributed by atoms with E-state index in [-0.39, 0.29) is 19.0 Å². The van der Waals surface area contributed by atoms with E-state index in [0.29, 0.717) is 34.7 Å². The second-order valence-electron chi connectivity index (χ2n) is 11.8. The SMILES string of the molecule is CC(C)(COc1ccn(-c2ncc3nc2-c2ccccc2CCCCCCN(CC(O)CO)c2cccc(n2)SN3)n1)C(F)(F)F. The number of nitrogens with zero attached hydrogens (tertiary/aromatic N) is 6. The lowest BCUT2D eigenvalue weighted by atomic mass is 9.94. The van der Waals surface area contributed by atoms with Crippen LogP contribution in [0.5, 0.6) is 5.88 Å². The number of aryl methyl sites for hydroxylation is 1. The summed E-state index contributed by atoms with van der Waals surface area (Å²) in [5.74, 6) is 1.63. The minimum absolute atomic E-state index is 0.0492. The molecule has 0 saturated heterocycles. The number of fused-ring (bicyclic) bond motifs is 6. The number of benzene rings is 1. The molecular formula is C32H38F3N7O3S. The second kappa shape index (κ2) is 14.7. The Labute approximate surface area is 270 Å². The molecule has 3 N–H and O–H groups in total. The van der Waals surface area contributed by atoms with E-state index >= 15 is 0 Å². The number of β-amino-alcohol motifs (C(OH)–C–C–N with tert-alkyl or cyclic N) is 1. The van der Waals surface area contributed by atoms with Gasteiger partial charge >= 0.3 is 6.18 Å². The first-order valence-corrected chi connectivity index (χ1v) is 16.0. The number of anilines is 2. The minimum Gasteiger partial charge on any atom is -0.476 e. The van der Waals surface area contributed by atoms with Crippen molar-refractivity contribution in [1.29, 1.82) is 0 Å². The molecule has 0 aliphatic carbocycles. The largest absolute Gasteiger partial charge is 0.476 e. The highest BCUT2D eigenvalue weighted by molar-refractivity contribution is 8.00. The standard InChI is InChI=1S/C32H38F3N7O3S/c1-31(2,32(33,34)35)21-45-27-15-17-42(39-27)30-29-24-12-7-6-11-22(24)10-5-3-4-8-16-41(19-23(44)20-43)26-13-9-14-28(38-26)46-40-25(37-29)18-36-30/h6-7,9,11-15,17-18,23,43-44H,3-5,8,10,16,19-21H2,1-2H3,(H,37,40). The first-order valence-electron chi connectivity index (χ1n) is 15.2. The van der Waals surface area contributed by atoms with E-state index < -0.39 is 24.3 Å². The summed E-state index contributed by atoms with van der Waals surface area (Å²) in [4.78, 5) is 16.4. The Morgan fingerprint density at radius 3 is 2.63 bits per heavy atom. The topological polar surface area (TPSA) is 121 Å². The van der Waals surface area contributed by atoms with Gasteiger partial charge in [-0.25, -0.2) is 19.6 Å². The first kappa shape index (κ1) is 33.5. The number of hydrogen-bond acceptors (Lipinski definition) is 10. The van der Waals surface area contributed by atoms with Gasteiger partial charge in [-0.2, -0.15) is 13.2 Å². The number of ether oxygens (including phenoxy) is 1. The van der Waals surface area contributed by atoms with Crippen LogP contribution in [0.25, 0.3) is 17.1 Å². The van der Waals surface area contributed by atoms with Crippen LogP contribution in [0.3, 0.4) is 0 Å². The minimum atomic E-state index is -4.42. The van der Waals surface area contributed by atoms with Gasteiger partial charge in [0.05, 0.1) is 24.3 Å². The Kier molecular flexibility index (Phi) is 10.7. The quantitative estimate of drug-likeness (QED) is 0.202. The Hall–Kier alpha value is -3.88. The fraction of sp³-hybridized carbons (Fsp3) is 0.438. The van der Waals surface area contributed by atoms with Crippen LogP contribution in [-0.4, -0.2) is 73.5 Å². The van der Waals surface area contributed by atoms with Crippen molar-refractivity contribution in [2.24, 2.45) is 5.41 Å². The van der Waals surface area contributed by atoms with Crippen LogP contribution in [0.1, 0.15) is 45.1 Å². The molecule has 4 aromatic rings. The normalized spacial score (nSPS) is 15.4. The number of nitrogens with one attached hydrogen (secondary N) is 1. The van der Waals surface area contributed by atoms with Crippen LogP contribution in [0.15, 0.2) is 66.0 Å². The summed E-state index contributed by atoms with van der Waals surface area (Å²) in [5, 5.41) is 24.7. The molecule has 0 saturated carbocycles. The first-order chi connectivity index (χ1) is 22.0. The zero-order valence-corrected chi connectivity index (χ0v) is 26.6. The number of alkyl halides is 3. The lowest BCUT2D eigenvalue weighted by Crippen LogP contribution is -2.37. The molecule has 10 nitrogen and oxygen atoms in total. The molecule has 0 spiro atoms. The number of aromatic nitrogens is 5. The van der Waals surface area contributed by atoms with E-state index in [4.69, 9.17) is 14.7 Å². The third kappa shape index (κ3) is 8.28. The van der Waals surface area contributed by atoms with Crippen molar-refractivity contribution >= 4 is 23.6 Å². The van der Waals surface area contributed by atoms with Gasteiger partial charge in [0.25, 0.3) is 0 Å². The number of halogens is 3. The maximum atomic E-state index is 13.4. The van der Waals surface area contributed by atoms with E-state index in [1.54, 1.807) is 12.4 Å². The number of pyridine rings is 1. The molecule has 46 heavy (non-hydrogen) atoms. The molecule has 246 valence electrons. The van der Waals surface area contributed by atoms with Gasteiger partial charge in [0.15, 0.2) is 11.6 Å². The van der Waals surface area contributed by atoms with Gasteiger partial charge in [0.1, 0.15) is 23.1 Å². The van der Waals surface area contributed by atoms with Crippen molar-refractivity contribution < 1.29 is 28.1 Å². The maximum absolute atomic E-state index is 13.4. The third-order valence-corrected chi connectivity index (χ3v) is 8.46. The Bertz CT molecular complexity index is 1600. The Morgan fingerprint density at radius 1 is 1.02 bits per heavy atom. The average molecular weight is 658 g/mol. The number of rotatable bonds is 7. The molecule has 1 aliphatic heterocycles. The lowest BCUT2D eigenvalue weighted by Gasteiger charge is -2.26. The van der Waals surface area contributed by atoms with Crippen molar-refractivity contribution in [3.8, 4) is 23.0 Å². The molecule has 5 rings (SSSR count). The van der Waals surface area contributed by atoms with E-state index in [0.717, 1.165) is 57.1 Å². The fourth-order valence-electron chi connectivity index (χ4n) is 4.91. The summed E-state index contributed by atoms with van der Waals surface area (Å²) >= 11 is 1.26. The van der Waals surface area contributed by atoms with E-state index in [1.807, 2.05) is 41.3 Å². The summed E-state index contributed by atoms with van der Waals surface area (Å²) in [7, 11) is 0. The van der Waals surface area contributed by atoms with Crippen LogP contribution in [0.2, 0.25) is 0 Å². The van der Waals surface area contributed by atoms with Crippen molar-refractivity contribution in [2.45, 2.75) is 63.3 Å². The van der Waals surface area contributed by atoms with Gasteiger partial charge in [-0.15, -0.1) is 5.10 Å². The van der Waals surface area contributed by atoms with E-state index in [9.17, 15) is 23.4 Å². The molecule has 14 heteroatoms. The summed E-state index contributed by atoms with van der Waals surface area (Å²) < 4.78 is 50.3. The highest BCUT2D eigenvalue weighted by atomic mass is 32.2. The Morgan fingerprint density at radius 2 is 1.83 bits per heavy atom. The summed E-state index contributed by atoms with van der Waals surface area (Å²) in [6.07, 6.45) is 2.47. The zero-order chi connectivity index (χ0) is 32.7. The van der Waals surface area contributed by atoms with Crippen LogP contribution in [0, 0.1) is 5.41 Å². The number of aliphatic hydroxyl groups excluding tert-OH is 2. The van der Waals surface area contributed by atoms with Crippen LogP contribution in [-0.2, 0) is 6.42 Å². The molecule has 0 amide bonds. The van der Waals surface area contributed by atoms with Gasteiger partial charge in [-0.05, 0) is 50.8 Å². The van der Waals surface area contributed by atoms with Crippen molar-refractivity contribution in [2.75, 3.05) is 35.9 Å². The van der Waals surface area contributed by atoms with Gasteiger partial charge in [0.2, 0.25) is 5.88 Å². The predicted molar refractivity (Wildman–Crippen MR) is 171 cm³/mol. The maximum Gasteiger partial charge on any atom is 0.397 e. The van der Waals surface area contributed by atoms with Crippen molar-refractivity contribution in [3.05, 3.63) is 66.5 Å². The summed E-state index contributed by atoms with van der Waals surface area (Å²) in [6, 6.07) is 15.1. The second-order valence-corrected chi connectivity index (χ2v) is 12.7. The predicted octanol–water partition coefficient (Wildman–Crippen LogP) is 6.09. The zero-order valence-electron chi connectivity index (χ0n) is 25.7. The molecule has 0 fully saturated rings. The van der Waals surface area contributed by atoms with Crippen LogP contribution in [0.4, 0.5) is 24.8 Å². The highest BCUT2D eigenvalue weighted by Crippen LogP contribution is 2.38. The molecule has 1 aliphatic rings. The number of aliphatic hydroxyl groups is 2. The lowest BCUT2D eigenvalue weighted by molar-refractivity contribution is -0.219. The van der Waals surface area contributed by atoms with Crippen LogP contribution < -0.4 is 14.4 Å². The number of hydrogen-bond donors (Lipinski definition) is 3. The third-order valence-electron chi connectivity index (χ3n) is 7.71. The summed E-state index contributed by atoms with van der Waals surface area (Å²) in [5.41, 5.74) is 0.479. The van der Waals surface area contributed by atoms with Gasteiger partial charge < -0.3 is 24.6 Å². The molecule has 3 aromatic heterocycles. The fourth-order valence-corrected chi connectivity index (χ4v) is 5.51. The molecule has 4 heterocycles. The van der Waals surface area contributed by atoms with Gasteiger partial charge in [-0.1, -0.05) is 43.2 Å². The highest BCUT2D eigenvalue weighted by Gasteiger charge is 2.48. The van der Waals surface area contributed by atoms with Gasteiger partial charge in [0, 0.05) is 42.9 Å². The molecular weight excluding hydrogens is 619 g/mol. The van der Waals surface area contributed by atoms with Gasteiger partial charge in [-0.3, -0.25) is 0 Å². The molecule has 4 bridgehead atoms. The van der Waals surface area contributed by atoms with E-state index in [2.05, 4.69) is 20.9 Å².